The summed E-state index contributed by atoms with van der Waals surface area (Å²) in [5.41, 5.74) is 0.0185. The van der Waals surface area contributed by atoms with Crippen LogP contribution in [0.2, 0.25) is 10.0 Å². The first-order chi connectivity index (χ1) is 7.45. The first-order valence-electron chi connectivity index (χ1n) is 3.95. The molecular weight excluding hydrogens is 253 g/mol. The highest BCUT2D eigenvalue weighted by Crippen LogP contribution is 2.31. The summed E-state index contributed by atoms with van der Waals surface area (Å²) >= 11 is 11.5. The molecule has 6 heteroatoms. The Kier molecular flexibility index (Phi) is 3.78. The van der Waals surface area contributed by atoms with Crippen LogP contribution in [0.25, 0.3) is 0 Å². The molecule has 0 aliphatic heterocycles. The first kappa shape index (κ1) is 12.4. The number of aromatic carboxylic acids is 1. The van der Waals surface area contributed by atoms with Gasteiger partial charge in [0.05, 0.1) is 21.3 Å². The third kappa shape index (κ3) is 2.66. The third-order valence-electron chi connectivity index (χ3n) is 1.66. The minimum Gasteiger partial charge on any atom is -0.478 e. The number of halogens is 2. The quantitative estimate of drug-likeness (QED) is 0.799. The molecule has 1 aromatic carbocycles. The number of amides is 1. The molecular formula is C10H5Cl2NO3. The molecule has 1 rings (SSSR count). The number of carboxylic acids is 1. The van der Waals surface area contributed by atoms with Gasteiger partial charge in [-0.15, -0.1) is 6.42 Å². The van der Waals surface area contributed by atoms with Crippen molar-refractivity contribution in [2.75, 3.05) is 5.32 Å². The largest absolute Gasteiger partial charge is 0.478 e. The van der Waals surface area contributed by atoms with Crippen LogP contribution in [0, 0.1) is 12.3 Å². The van der Waals surface area contributed by atoms with Crippen molar-refractivity contribution in [1.29, 1.82) is 0 Å². The van der Waals surface area contributed by atoms with Crippen molar-refractivity contribution in [2.45, 2.75) is 0 Å². The van der Waals surface area contributed by atoms with Gasteiger partial charge in [-0.1, -0.05) is 23.2 Å². The van der Waals surface area contributed by atoms with Crippen LogP contribution >= 0.6 is 23.2 Å². The Bertz CT molecular complexity index is 482. The van der Waals surface area contributed by atoms with Gasteiger partial charge in [0, 0.05) is 0 Å². The molecule has 1 amide bonds. The average molecular weight is 258 g/mol. The molecule has 0 bridgehead atoms. The molecule has 0 atom stereocenters. The van der Waals surface area contributed by atoms with Gasteiger partial charge in [0.1, 0.15) is 0 Å². The Morgan fingerprint density at radius 2 is 1.81 bits per heavy atom. The lowest BCUT2D eigenvalue weighted by atomic mass is 10.2. The average Bonchev–Trinajstić information content (AvgIpc) is 2.22. The van der Waals surface area contributed by atoms with Gasteiger partial charge < -0.3 is 10.4 Å². The van der Waals surface area contributed by atoms with Gasteiger partial charge in [-0.3, -0.25) is 4.79 Å². The number of hydrogen-bond acceptors (Lipinski definition) is 2. The number of nitrogens with one attached hydrogen (secondary N) is 1. The summed E-state index contributed by atoms with van der Waals surface area (Å²) in [7, 11) is 0. The maximum Gasteiger partial charge on any atom is 0.335 e. The summed E-state index contributed by atoms with van der Waals surface area (Å²) in [6.45, 7) is 0. The van der Waals surface area contributed by atoms with Gasteiger partial charge >= 0.3 is 5.97 Å². The summed E-state index contributed by atoms with van der Waals surface area (Å²) in [5.74, 6) is -0.0622. The summed E-state index contributed by atoms with van der Waals surface area (Å²) in [4.78, 5) is 21.6. The second-order valence-electron chi connectivity index (χ2n) is 2.72. The molecule has 0 spiro atoms. The van der Waals surface area contributed by atoms with Crippen LogP contribution in [0.1, 0.15) is 10.4 Å². The van der Waals surface area contributed by atoms with E-state index in [-0.39, 0.29) is 21.3 Å². The van der Waals surface area contributed by atoms with Crippen molar-refractivity contribution in [3.8, 4) is 12.3 Å². The van der Waals surface area contributed by atoms with E-state index in [4.69, 9.17) is 34.7 Å². The van der Waals surface area contributed by atoms with Crippen molar-refractivity contribution >= 4 is 40.8 Å². The fraction of sp³-hybridized carbons (Fsp3) is 0. The first-order valence-corrected chi connectivity index (χ1v) is 4.71. The fourth-order valence-corrected chi connectivity index (χ4v) is 1.55. The molecule has 2 N–H and O–H groups in total. The predicted molar refractivity (Wildman–Crippen MR) is 60.9 cm³/mol. The molecule has 0 aliphatic rings. The molecule has 0 heterocycles. The van der Waals surface area contributed by atoms with Gasteiger partial charge in [-0.2, -0.15) is 0 Å². The monoisotopic (exact) mass is 257 g/mol. The number of carboxylic acid groups (broad SMARTS) is 1. The van der Waals surface area contributed by atoms with Crippen LogP contribution in [0.5, 0.6) is 0 Å². The van der Waals surface area contributed by atoms with Gasteiger partial charge in [-0.25, -0.2) is 4.79 Å². The number of carbonyl (C=O) groups is 2. The zero-order chi connectivity index (χ0) is 12.3. The molecule has 0 saturated carbocycles. The lowest BCUT2D eigenvalue weighted by Crippen LogP contribution is -2.09. The smallest absolute Gasteiger partial charge is 0.335 e. The molecule has 0 unspecified atom stereocenters. The second kappa shape index (κ2) is 4.88. The van der Waals surface area contributed by atoms with Crippen molar-refractivity contribution in [1.82, 2.24) is 0 Å². The van der Waals surface area contributed by atoms with Crippen LogP contribution in [-0.2, 0) is 4.79 Å². The van der Waals surface area contributed by atoms with Crippen LogP contribution < -0.4 is 5.32 Å². The molecule has 0 aromatic heterocycles. The summed E-state index contributed by atoms with van der Waals surface area (Å²) in [6, 6.07) is 2.34. The Hall–Kier alpha value is -1.70. The molecule has 0 saturated heterocycles. The van der Waals surface area contributed by atoms with Gasteiger partial charge in [-0.05, 0) is 18.1 Å². The SMILES string of the molecule is C#CC(=O)Nc1c(Cl)cc(C(=O)O)cc1Cl. The second-order valence-corrected chi connectivity index (χ2v) is 3.53. The van der Waals surface area contributed by atoms with E-state index in [1.165, 1.54) is 12.1 Å². The molecule has 0 aliphatic carbocycles. The zero-order valence-electron chi connectivity index (χ0n) is 7.75. The summed E-state index contributed by atoms with van der Waals surface area (Å²) < 4.78 is 0. The number of anilines is 1. The Morgan fingerprint density at radius 3 is 2.19 bits per heavy atom. The van der Waals surface area contributed by atoms with Gasteiger partial charge in [0.2, 0.25) is 0 Å². The zero-order valence-corrected chi connectivity index (χ0v) is 9.26. The van der Waals surface area contributed by atoms with Crippen LogP contribution in [0.3, 0.4) is 0 Å². The van der Waals surface area contributed by atoms with Gasteiger partial charge in [0.15, 0.2) is 0 Å². The van der Waals surface area contributed by atoms with Crippen molar-refractivity contribution in [3.63, 3.8) is 0 Å². The summed E-state index contributed by atoms with van der Waals surface area (Å²) in [5, 5.41) is 11.0. The van der Waals surface area contributed by atoms with E-state index in [1.54, 1.807) is 0 Å². The highest BCUT2D eigenvalue weighted by molar-refractivity contribution is 6.40. The van der Waals surface area contributed by atoms with Crippen LogP contribution in [-0.4, -0.2) is 17.0 Å². The number of terminal acetylenes is 1. The predicted octanol–water partition coefficient (Wildman–Crippen LogP) is 2.26. The van der Waals surface area contributed by atoms with E-state index >= 15 is 0 Å². The van der Waals surface area contributed by atoms with Crippen LogP contribution in [0.15, 0.2) is 12.1 Å². The highest BCUT2D eigenvalue weighted by atomic mass is 35.5. The lowest BCUT2D eigenvalue weighted by Gasteiger charge is -2.07. The molecule has 16 heavy (non-hydrogen) atoms. The topological polar surface area (TPSA) is 66.4 Å². The van der Waals surface area contributed by atoms with E-state index in [9.17, 15) is 9.59 Å². The Balaban J connectivity index is 3.19. The highest BCUT2D eigenvalue weighted by Gasteiger charge is 2.13. The van der Waals surface area contributed by atoms with Gasteiger partial charge in [0.25, 0.3) is 5.91 Å². The molecule has 0 radical (unpaired) electrons. The molecule has 4 nitrogen and oxygen atoms in total. The fourth-order valence-electron chi connectivity index (χ4n) is 0.966. The summed E-state index contributed by atoms with van der Waals surface area (Å²) in [6.07, 6.45) is 4.86. The standard InChI is InChI=1S/C10H5Cl2NO3/c1-2-8(14)13-9-6(11)3-5(10(15)16)4-7(9)12/h1,3-4H,(H,13,14)(H,15,16). The Morgan fingerprint density at radius 1 is 1.31 bits per heavy atom. The van der Waals surface area contributed by atoms with E-state index in [1.807, 2.05) is 5.92 Å². The lowest BCUT2D eigenvalue weighted by molar-refractivity contribution is -0.111. The van der Waals surface area contributed by atoms with Crippen molar-refractivity contribution in [3.05, 3.63) is 27.7 Å². The minimum atomic E-state index is -1.17. The third-order valence-corrected chi connectivity index (χ3v) is 2.25. The van der Waals surface area contributed by atoms with Crippen molar-refractivity contribution < 1.29 is 14.7 Å². The van der Waals surface area contributed by atoms with E-state index in [0.29, 0.717) is 0 Å². The number of rotatable bonds is 2. The minimum absolute atomic E-state index is 0.00787. The molecule has 0 fully saturated rings. The number of benzene rings is 1. The van der Waals surface area contributed by atoms with E-state index in [2.05, 4.69) is 5.32 Å². The maximum atomic E-state index is 10.9. The normalized spacial score (nSPS) is 9.31. The molecule has 82 valence electrons. The van der Waals surface area contributed by atoms with Crippen molar-refractivity contribution in [2.24, 2.45) is 0 Å². The molecule has 1 aromatic rings. The Labute approximate surface area is 101 Å². The van der Waals surface area contributed by atoms with Crippen LogP contribution in [0.4, 0.5) is 5.69 Å². The number of carbonyl (C=O) groups excluding carboxylic acids is 1. The van der Waals surface area contributed by atoms with E-state index < -0.39 is 11.9 Å². The van der Waals surface area contributed by atoms with E-state index in [0.717, 1.165) is 0 Å². The number of hydrogen-bond donors (Lipinski definition) is 2. The maximum absolute atomic E-state index is 10.9.